The van der Waals surface area contributed by atoms with Gasteiger partial charge in [0.25, 0.3) is 5.91 Å². The van der Waals surface area contributed by atoms with Gasteiger partial charge in [-0.05, 0) is 37.1 Å². The number of ether oxygens (including phenoxy) is 1. The molecule has 1 aliphatic carbocycles. The van der Waals surface area contributed by atoms with Crippen LogP contribution in [0.2, 0.25) is 0 Å². The Kier molecular flexibility index (Phi) is 4.95. The predicted octanol–water partition coefficient (Wildman–Crippen LogP) is 2.02. The van der Waals surface area contributed by atoms with Crippen LogP contribution in [0.5, 0.6) is 5.75 Å². The quantitative estimate of drug-likeness (QED) is 0.868. The first-order chi connectivity index (χ1) is 9.57. The molecule has 0 saturated heterocycles. The Morgan fingerprint density at radius 2 is 1.90 bits per heavy atom. The van der Waals surface area contributed by atoms with E-state index in [1.807, 2.05) is 0 Å². The van der Waals surface area contributed by atoms with Gasteiger partial charge in [0.05, 0.1) is 5.60 Å². The molecule has 1 aromatic rings. The van der Waals surface area contributed by atoms with Crippen molar-refractivity contribution in [2.24, 2.45) is 0 Å². The highest BCUT2D eigenvalue weighted by atomic mass is 19.1. The Morgan fingerprint density at radius 3 is 2.55 bits per heavy atom. The molecule has 1 amide bonds. The smallest absolute Gasteiger partial charge is 0.258 e. The molecule has 1 aromatic carbocycles. The van der Waals surface area contributed by atoms with Crippen molar-refractivity contribution in [3.8, 4) is 5.75 Å². The first kappa shape index (κ1) is 14.8. The SMILES string of the molecule is O=C(COc1ccc(F)cc1)NCC1(O)CCCCC1. The molecule has 5 heteroatoms. The summed E-state index contributed by atoms with van der Waals surface area (Å²) < 4.78 is 17.9. The number of nitrogens with one attached hydrogen (secondary N) is 1. The van der Waals surface area contributed by atoms with E-state index in [1.54, 1.807) is 0 Å². The van der Waals surface area contributed by atoms with Gasteiger partial charge in [-0.3, -0.25) is 4.79 Å². The average Bonchev–Trinajstić information content (AvgIpc) is 2.45. The molecule has 1 aliphatic rings. The molecule has 0 heterocycles. The fourth-order valence-electron chi connectivity index (χ4n) is 2.38. The lowest BCUT2D eigenvalue weighted by atomic mass is 9.85. The molecule has 1 fully saturated rings. The molecular formula is C15H20FNO3. The number of carbonyl (C=O) groups excluding carboxylic acids is 1. The molecule has 4 nitrogen and oxygen atoms in total. The molecule has 0 aliphatic heterocycles. The topological polar surface area (TPSA) is 58.6 Å². The molecule has 0 radical (unpaired) electrons. The first-order valence-electron chi connectivity index (χ1n) is 6.95. The van der Waals surface area contributed by atoms with Gasteiger partial charge in [0, 0.05) is 6.54 Å². The van der Waals surface area contributed by atoms with Crippen LogP contribution in [-0.2, 0) is 4.79 Å². The second-order valence-electron chi connectivity index (χ2n) is 5.30. The van der Waals surface area contributed by atoms with Gasteiger partial charge < -0.3 is 15.2 Å². The number of aliphatic hydroxyl groups is 1. The summed E-state index contributed by atoms with van der Waals surface area (Å²) in [5.74, 6) is -0.187. The van der Waals surface area contributed by atoms with Crippen molar-refractivity contribution >= 4 is 5.91 Å². The van der Waals surface area contributed by atoms with Gasteiger partial charge in [-0.25, -0.2) is 4.39 Å². The van der Waals surface area contributed by atoms with Crippen LogP contribution < -0.4 is 10.1 Å². The zero-order valence-electron chi connectivity index (χ0n) is 11.4. The Bertz CT molecular complexity index is 441. The lowest BCUT2D eigenvalue weighted by Crippen LogP contribution is -2.45. The number of rotatable bonds is 5. The van der Waals surface area contributed by atoms with Crippen LogP contribution in [0.25, 0.3) is 0 Å². The van der Waals surface area contributed by atoms with Gasteiger partial charge in [0.2, 0.25) is 0 Å². The molecule has 110 valence electrons. The van der Waals surface area contributed by atoms with Crippen LogP contribution in [0.15, 0.2) is 24.3 Å². The van der Waals surface area contributed by atoms with Gasteiger partial charge in [-0.15, -0.1) is 0 Å². The van der Waals surface area contributed by atoms with E-state index in [2.05, 4.69) is 5.32 Å². The molecule has 0 bridgehead atoms. The zero-order valence-corrected chi connectivity index (χ0v) is 11.4. The highest BCUT2D eigenvalue weighted by Crippen LogP contribution is 2.27. The minimum absolute atomic E-state index is 0.137. The van der Waals surface area contributed by atoms with Gasteiger partial charge >= 0.3 is 0 Å². The number of carbonyl (C=O) groups is 1. The van der Waals surface area contributed by atoms with Crippen LogP contribution in [0.1, 0.15) is 32.1 Å². The fraction of sp³-hybridized carbons (Fsp3) is 0.533. The summed E-state index contributed by atoms with van der Waals surface area (Å²) in [5.41, 5.74) is -0.774. The van der Waals surface area contributed by atoms with E-state index >= 15 is 0 Å². The molecule has 2 N–H and O–H groups in total. The van der Waals surface area contributed by atoms with Crippen molar-refractivity contribution in [1.82, 2.24) is 5.32 Å². The largest absolute Gasteiger partial charge is 0.484 e. The number of benzene rings is 1. The summed E-state index contributed by atoms with van der Waals surface area (Å²) in [6.07, 6.45) is 4.60. The Balaban J connectivity index is 1.71. The standard InChI is InChI=1S/C15H20FNO3/c16-12-4-6-13(7-5-12)20-10-14(18)17-11-15(19)8-2-1-3-9-15/h4-7,19H,1-3,8-11H2,(H,17,18). The van der Waals surface area contributed by atoms with Crippen LogP contribution in [0, 0.1) is 5.82 Å². The van der Waals surface area contributed by atoms with Gasteiger partial charge in [0.1, 0.15) is 11.6 Å². The summed E-state index contributed by atoms with van der Waals surface area (Å²) in [5, 5.41) is 12.9. The second kappa shape index (κ2) is 6.70. The van der Waals surface area contributed by atoms with Gasteiger partial charge in [-0.2, -0.15) is 0 Å². The van der Waals surface area contributed by atoms with Crippen LogP contribution in [-0.4, -0.2) is 29.8 Å². The van der Waals surface area contributed by atoms with Crippen molar-refractivity contribution in [3.05, 3.63) is 30.1 Å². The highest BCUT2D eigenvalue weighted by Gasteiger charge is 2.29. The Morgan fingerprint density at radius 1 is 1.25 bits per heavy atom. The number of halogens is 1. The van der Waals surface area contributed by atoms with Crippen LogP contribution >= 0.6 is 0 Å². The highest BCUT2D eigenvalue weighted by molar-refractivity contribution is 5.77. The predicted molar refractivity (Wildman–Crippen MR) is 72.9 cm³/mol. The number of amides is 1. The summed E-state index contributed by atoms with van der Waals surface area (Å²) >= 11 is 0. The van der Waals surface area contributed by atoms with Crippen LogP contribution in [0.4, 0.5) is 4.39 Å². The fourth-order valence-corrected chi connectivity index (χ4v) is 2.38. The summed E-state index contributed by atoms with van der Waals surface area (Å²) in [4.78, 5) is 11.6. The minimum Gasteiger partial charge on any atom is -0.484 e. The molecule has 20 heavy (non-hydrogen) atoms. The van der Waals surface area contributed by atoms with E-state index in [1.165, 1.54) is 24.3 Å². The molecular weight excluding hydrogens is 261 g/mol. The monoisotopic (exact) mass is 281 g/mol. The normalized spacial score (nSPS) is 17.5. The average molecular weight is 281 g/mol. The third-order valence-electron chi connectivity index (χ3n) is 3.58. The van der Waals surface area contributed by atoms with Crippen LogP contribution in [0.3, 0.4) is 0 Å². The van der Waals surface area contributed by atoms with E-state index in [9.17, 15) is 14.3 Å². The van der Waals surface area contributed by atoms with Crippen molar-refractivity contribution in [2.75, 3.05) is 13.2 Å². The van der Waals surface area contributed by atoms with Crippen molar-refractivity contribution in [2.45, 2.75) is 37.7 Å². The molecule has 2 rings (SSSR count). The molecule has 0 aromatic heterocycles. The zero-order chi connectivity index (χ0) is 14.4. The minimum atomic E-state index is -0.774. The third kappa shape index (κ3) is 4.49. The third-order valence-corrected chi connectivity index (χ3v) is 3.58. The lowest BCUT2D eigenvalue weighted by molar-refractivity contribution is -0.124. The number of hydrogen-bond donors (Lipinski definition) is 2. The second-order valence-corrected chi connectivity index (χ2v) is 5.30. The van der Waals surface area contributed by atoms with E-state index in [4.69, 9.17) is 4.74 Å². The molecule has 1 saturated carbocycles. The van der Waals surface area contributed by atoms with E-state index in [0.29, 0.717) is 5.75 Å². The van der Waals surface area contributed by atoms with E-state index < -0.39 is 5.60 Å². The Labute approximate surface area is 117 Å². The lowest BCUT2D eigenvalue weighted by Gasteiger charge is -2.32. The molecule has 0 unspecified atom stereocenters. The summed E-state index contributed by atoms with van der Waals surface area (Å²) in [6, 6.07) is 5.49. The van der Waals surface area contributed by atoms with Crippen molar-refractivity contribution in [3.63, 3.8) is 0 Å². The maximum Gasteiger partial charge on any atom is 0.258 e. The van der Waals surface area contributed by atoms with Crippen molar-refractivity contribution in [1.29, 1.82) is 0 Å². The summed E-state index contributed by atoms with van der Waals surface area (Å²) in [6.45, 7) is 0.125. The van der Waals surface area contributed by atoms with E-state index in [-0.39, 0.29) is 24.9 Å². The summed E-state index contributed by atoms with van der Waals surface area (Å²) in [7, 11) is 0. The maximum absolute atomic E-state index is 12.7. The van der Waals surface area contributed by atoms with Gasteiger partial charge in [0.15, 0.2) is 6.61 Å². The molecule has 0 spiro atoms. The number of hydrogen-bond acceptors (Lipinski definition) is 3. The van der Waals surface area contributed by atoms with Crippen molar-refractivity contribution < 1.29 is 19.0 Å². The van der Waals surface area contributed by atoms with E-state index in [0.717, 1.165) is 32.1 Å². The molecule has 0 atom stereocenters. The Hall–Kier alpha value is -1.62. The maximum atomic E-state index is 12.7. The first-order valence-corrected chi connectivity index (χ1v) is 6.95. The van der Waals surface area contributed by atoms with Gasteiger partial charge in [-0.1, -0.05) is 19.3 Å².